The van der Waals surface area contributed by atoms with E-state index < -0.39 is 0 Å². The van der Waals surface area contributed by atoms with Crippen LogP contribution in [0.15, 0.2) is 41.7 Å². The van der Waals surface area contributed by atoms with E-state index in [0.29, 0.717) is 17.4 Å². The number of fused-ring (bicyclic) bond motifs is 1. The highest BCUT2D eigenvalue weighted by Crippen LogP contribution is 2.27. The summed E-state index contributed by atoms with van der Waals surface area (Å²) in [5.74, 6) is 0. The summed E-state index contributed by atoms with van der Waals surface area (Å²) in [6, 6.07) is 7.29. The van der Waals surface area contributed by atoms with Gasteiger partial charge in [0.2, 0.25) is 0 Å². The highest BCUT2D eigenvalue weighted by Gasteiger charge is 2.09. The van der Waals surface area contributed by atoms with Crippen molar-refractivity contribution in [2.24, 2.45) is 0 Å². The summed E-state index contributed by atoms with van der Waals surface area (Å²) in [7, 11) is 0. The van der Waals surface area contributed by atoms with Crippen LogP contribution in [0.1, 0.15) is 5.56 Å². The maximum Gasteiger partial charge on any atom is 0.195 e. The van der Waals surface area contributed by atoms with Crippen LogP contribution in [0.4, 0.5) is 0 Å². The molecule has 15 heavy (non-hydrogen) atoms. The Bertz CT molecular complexity index is 569. The predicted octanol–water partition coefficient (Wildman–Crippen LogP) is 2.70. The van der Waals surface area contributed by atoms with Crippen LogP contribution in [-0.2, 0) is 6.42 Å². The van der Waals surface area contributed by atoms with Gasteiger partial charge in [-0.1, -0.05) is 29.5 Å². The smallest absolute Gasteiger partial charge is 0.195 e. The first-order valence-electron chi connectivity index (χ1n) is 4.58. The van der Waals surface area contributed by atoms with Gasteiger partial charge in [-0.05, 0) is 18.6 Å². The minimum Gasteiger partial charge on any atom is -0.499 e. The maximum atomic E-state index is 11.9. The molecule has 0 spiro atoms. The molecule has 0 unspecified atom stereocenters. The van der Waals surface area contributed by atoms with Gasteiger partial charge >= 0.3 is 0 Å². The van der Waals surface area contributed by atoms with Crippen molar-refractivity contribution < 1.29 is 5.11 Å². The van der Waals surface area contributed by atoms with Crippen LogP contribution in [0, 0.1) is 0 Å². The van der Waals surface area contributed by atoms with Crippen LogP contribution in [0.5, 0.6) is 5.06 Å². The first-order chi connectivity index (χ1) is 7.24. The quantitative estimate of drug-likeness (QED) is 0.787. The molecule has 0 saturated carbocycles. The average molecular weight is 218 g/mol. The molecule has 1 aromatic carbocycles. The number of benzene rings is 1. The van der Waals surface area contributed by atoms with E-state index >= 15 is 0 Å². The molecule has 0 fully saturated rings. The normalized spacial score (nSPS) is 10.4. The van der Waals surface area contributed by atoms with Crippen LogP contribution in [0.25, 0.3) is 10.1 Å². The van der Waals surface area contributed by atoms with E-state index in [1.165, 1.54) is 11.3 Å². The lowest BCUT2D eigenvalue weighted by Gasteiger charge is -2.02. The average Bonchev–Trinajstić information content (AvgIpc) is 2.24. The number of rotatable bonds is 2. The molecule has 0 aliphatic carbocycles. The van der Waals surface area contributed by atoms with Crippen molar-refractivity contribution in [3.8, 4) is 5.06 Å². The van der Waals surface area contributed by atoms with Gasteiger partial charge in [-0.3, -0.25) is 4.79 Å². The largest absolute Gasteiger partial charge is 0.499 e. The highest BCUT2D eigenvalue weighted by molar-refractivity contribution is 7.20. The Morgan fingerprint density at radius 3 is 2.87 bits per heavy atom. The molecule has 0 aliphatic rings. The van der Waals surface area contributed by atoms with Crippen LogP contribution in [-0.4, -0.2) is 5.11 Å². The van der Waals surface area contributed by atoms with Gasteiger partial charge < -0.3 is 5.11 Å². The third kappa shape index (κ3) is 1.66. The molecule has 0 aliphatic heterocycles. The molecule has 1 N–H and O–H groups in total. The molecule has 2 rings (SSSR count). The van der Waals surface area contributed by atoms with Crippen molar-refractivity contribution >= 4 is 21.4 Å². The molecule has 2 nitrogen and oxygen atoms in total. The van der Waals surface area contributed by atoms with E-state index in [0.717, 1.165) is 4.70 Å². The van der Waals surface area contributed by atoms with E-state index in [-0.39, 0.29) is 10.5 Å². The molecule has 0 amide bonds. The zero-order valence-corrected chi connectivity index (χ0v) is 8.88. The van der Waals surface area contributed by atoms with Crippen LogP contribution >= 0.6 is 11.3 Å². The summed E-state index contributed by atoms with van der Waals surface area (Å²) in [4.78, 5) is 11.9. The van der Waals surface area contributed by atoms with Gasteiger partial charge in [-0.25, -0.2) is 0 Å². The summed E-state index contributed by atoms with van der Waals surface area (Å²) in [6.45, 7) is 3.57. The topological polar surface area (TPSA) is 37.3 Å². The fourth-order valence-electron chi connectivity index (χ4n) is 1.49. The van der Waals surface area contributed by atoms with Crippen molar-refractivity contribution in [1.29, 1.82) is 0 Å². The Labute approximate surface area is 91.1 Å². The fraction of sp³-hybridized carbons (Fsp3) is 0.0833. The van der Waals surface area contributed by atoms with Crippen molar-refractivity contribution in [2.45, 2.75) is 6.42 Å². The third-order valence-corrected chi connectivity index (χ3v) is 3.23. The zero-order valence-electron chi connectivity index (χ0n) is 8.06. The second-order valence-corrected chi connectivity index (χ2v) is 4.23. The molecule has 1 aromatic heterocycles. The second kappa shape index (κ2) is 3.87. The van der Waals surface area contributed by atoms with Crippen molar-refractivity contribution in [1.82, 2.24) is 0 Å². The lowest BCUT2D eigenvalue weighted by molar-refractivity contribution is 0.484. The van der Waals surface area contributed by atoms with Crippen LogP contribution < -0.4 is 5.43 Å². The monoisotopic (exact) mass is 218 g/mol. The van der Waals surface area contributed by atoms with Crippen molar-refractivity contribution in [2.75, 3.05) is 0 Å². The summed E-state index contributed by atoms with van der Waals surface area (Å²) < 4.78 is 0.813. The lowest BCUT2D eigenvalue weighted by Crippen LogP contribution is -2.07. The van der Waals surface area contributed by atoms with E-state index in [1.807, 2.05) is 18.2 Å². The molecule has 0 bridgehead atoms. The van der Waals surface area contributed by atoms with Crippen molar-refractivity contribution in [3.63, 3.8) is 0 Å². The molecule has 1 heterocycles. The maximum absolute atomic E-state index is 11.9. The van der Waals surface area contributed by atoms with E-state index in [9.17, 15) is 9.90 Å². The molecule has 0 radical (unpaired) electrons. The number of hydrogen-bond donors (Lipinski definition) is 1. The van der Waals surface area contributed by atoms with Gasteiger partial charge in [-0.2, -0.15) is 0 Å². The standard InChI is InChI=1S/C12H10O2S/c1-2-5-9-11(13)8-6-3-4-7-10(8)15-12(9)14/h2-4,6-7,14H,1,5H2. The Balaban J connectivity index is 2.84. The third-order valence-electron chi connectivity index (χ3n) is 2.22. The SMILES string of the molecule is C=CCc1c(O)sc2ccccc2c1=O. The lowest BCUT2D eigenvalue weighted by atomic mass is 10.1. The Morgan fingerprint density at radius 2 is 2.13 bits per heavy atom. The molecule has 2 aromatic rings. The molecular weight excluding hydrogens is 208 g/mol. The number of hydrogen-bond acceptors (Lipinski definition) is 3. The Hall–Kier alpha value is -1.61. The Kier molecular flexibility index (Phi) is 2.56. The predicted molar refractivity (Wildman–Crippen MR) is 63.7 cm³/mol. The van der Waals surface area contributed by atoms with Gasteiger partial charge in [0.15, 0.2) is 10.5 Å². The summed E-state index contributed by atoms with van der Waals surface area (Å²) >= 11 is 1.23. The molecule has 76 valence electrons. The van der Waals surface area contributed by atoms with Gasteiger partial charge in [0, 0.05) is 10.1 Å². The van der Waals surface area contributed by atoms with Crippen molar-refractivity contribution in [3.05, 3.63) is 52.7 Å². The minimum absolute atomic E-state index is 0.0956. The van der Waals surface area contributed by atoms with E-state index in [1.54, 1.807) is 12.1 Å². The first-order valence-corrected chi connectivity index (χ1v) is 5.40. The number of allylic oxidation sites excluding steroid dienone is 1. The van der Waals surface area contributed by atoms with Gasteiger partial charge in [0.05, 0.1) is 5.56 Å². The molecule has 0 atom stereocenters. The zero-order chi connectivity index (χ0) is 10.8. The first kappa shape index (κ1) is 9.93. The molecule has 0 saturated heterocycles. The van der Waals surface area contributed by atoms with Gasteiger partial charge in [0.1, 0.15) is 0 Å². The second-order valence-electron chi connectivity index (χ2n) is 3.20. The van der Waals surface area contributed by atoms with Gasteiger partial charge in [-0.15, -0.1) is 6.58 Å². The summed E-state index contributed by atoms with van der Waals surface area (Å²) in [5, 5.41) is 10.5. The molecule has 3 heteroatoms. The fourth-order valence-corrected chi connectivity index (χ4v) is 2.42. The minimum atomic E-state index is -0.0956. The summed E-state index contributed by atoms with van der Waals surface area (Å²) in [6.07, 6.45) is 2.03. The van der Waals surface area contributed by atoms with E-state index in [2.05, 4.69) is 6.58 Å². The Morgan fingerprint density at radius 1 is 1.40 bits per heavy atom. The number of aromatic hydroxyl groups is 1. The van der Waals surface area contributed by atoms with E-state index in [4.69, 9.17) is 0 Å². The molecular formula is C12H10O2S. The van der Waals surface area contributed by atoms with Crippen LogP contribution in [0.3, 0.4) is 0 Å². The van der Waals surface area contributed by atoms with Crippen LogP contribution in [0.2, 0.25) is 0 Å². The highest BCUT2D eigenvalue weighted by atomic mass is 32.1. The summed E-state index contributed by atoms with van der Waals surface area (Å²) in [5.41, 5.74) is 0.343. The van der Waals surface area contributed by atoms with Gasteiger partial charge in [0.25, 0.3) is 0 Å².